The number of aromatic nitrogens is 3. The largest absolute Gasteiger partial charge is 0.481 e. The molecule has 1 atom stereocenters. The lowest BCUT2D eigenvalue weighted by Gasteiger charge is -2.26. The number of carbonyl (C=O) groups is 1. The molecule has 1 aromatic heterocycles. The van der Waals surface area contributed by atoms with Crippen LogP contribution in [0.1, 0.15) is 59.2 Å². The Morgan fingerprint density at radius 1 is 1.42 bits per heavy atom. The summed E-state index contributed by atoms with van der Waals surface area (Å²) in [5.74, 6) is 0.450. The van der Waals surface area contributed by atoms with Crippen molar-refractivity contribution >= 4 is 17.7 Å². The van der Waals surface area contributed by atoms with Gasteiger partial charge < -0.3 is 9.67 Å². The third-order valence-corrected chi connectivity index (χ3v) is 3.73. The third-order valence-electron chi connectivity index (χ3n) is 2.82. The maximum absolute atomic E-state index is 10.7. The molecule has 1 aromatic rings. The fraction of sp³-hybridized carbons (Fsp3) is 0.769. The van der Waals surface area contributed by atoms with E-state index in [2.05, 4.69) is 49.4 Å². The predicted octanol–water partition coefficient (Wildman–Crippen LogP) is 3.11. The first-order valence-corrected chi connectivity index (χ1v) is 7.56. The Kier molecular flexibility index (Phi) is 5.40. The number of thioether (sulfide) groups is 1. The molecule has 0 spiro atoms. The summed E-state index contributed by atoms with van der Waals surface area (Å²) in [5.41, 5.74) is -0.151. The first kappa shape index (κ1) is 16.0. The van der Waals surface area contributed by atoms with E-state index >= 15 is 0 Å². The average molecular weight is 285 g/mol. The van der Waals surface area contributed by atoms with Crippen molar-refractivity contribution in [2.24, 2.45) is 0 Å². The summed E-state index contributed by atoms with van der Waals surface area (Å²) in [5, 5.41) is 17.9. The van der Waals surface area contributed by atoms with Crippen molar-refractivity contribution in [3.63, 3.8) is 0 Å². The van der Waals surface area contributed by atoms with Crippen LogP contribution in [0.5, 0.6) is 0 Å². The molecule has 0 aliphatic rings. The van der Waals surface area contributed by atoms with E-state index in [9.17, 15) is 4.79 Å². The molecule has 0 aromatic carbocycles. The van der Waals surface area contributed by atoms with Gasteiger partial charge in [0.05, 0.1) is 5.75 Å². The molecule has 0 amide bonds. The number of hydrogen-bond donors (Lipinski definition) is 1. The smallest absolute Gasteiger partial charge is 0.313 e. The van der Waals surface area contributed by atoms with E-state index < -0.39 is 5.97 Å². The standard InChI is InChI=1S/C13H23N3O2S/c1-6-7-9(2)11-14-15-12(19-8-10(17)18)16(11)13(3,4)5/h9H,6-8H2,1-5H3,(H,17,18). The fourth-order valence-corrected chi connectivity index (χ4v) is 2.86. The summed E-state index contributed by atoms with van der Waals surface area (Å²) in [6, 6.07) is 0. The van der Waals surface area contributed by atoms with Crippen molar-refractivity contribution in [3.05, 3.63) is 5.82 Å². The molecule has 5 nitrogen and oxygen atoms in total. The summed E-state index contributed by atoms with van der Waals surface area (Å²) in [4.78, 5) is 10.7. The van der Waals surface area contributed by atoms with Crippen LogP contribution in [0.15, 0.2) is 5.16 Å². The molecule has 1 heterocycles. The van der Waals surface area contributed by atoms with Crippen molar-refractivity contribution in [3.8, 4) is 0 Å². The molecular formula is C13H23N3O2S. The summed E-state index contributed by atoms with van der Waals surface area (Å²) in [7, 11) is 0. The maximum Gasteiger partial charge on any atom is 0.313 e. The van der Waals surface area contributed by atoms with Crippen LogP contribution in [0.4, 0.5) is 0 Å². The lowest BCUT2D eigenvalue weighted by molar-refractivity contribution is -0.133. The highest BCUT2D eigenvalue weighted by molar-refractivity contribution is 7.99. The lowest BCUT2D eigenvalue weighted by atomic mass is 10.0. The van der Waals surface area contributed by atoms with Gasteiger partial charge in [0.15, 0.2) is 5.16 Å². The first-order valence-electron chi connectivity index (χ1n) is 6.57. The Hall–Kier alpha value is -1.04. The highest BCUT2D eigenvalue weighted by Crippen LogP contribution is 2.30. The van der Waals surface area contributed by atoms with Crippen molar-refractivity contribution in [2.45, 2.75) is 64.1 Å². The van der Waals surface area contributed by atoms with E-state index in [0.717, 1.165) is 18.7 Å². The van der Waals surface area contributed by atoms with Gasteiger partial charge in [-0.2, -0.15) is 0 Å². The van der Waals surface area contributed by atoms with Crippen LogP contribution in [0, 0.1) is 0 Å². The van der Waals surface area contributed by atoms with E-state index in [4.69, 9.17) is 5.11 Å². The number of carboxylic acids is 1. The molecule has 1 unspecified atom stereocenters. The lowest BCUT2D eigenvalue weighted by Crippen LogP contribution is -2.26. The van der Waals surface area contributed by atoms with Crippen LogP contribution in [0.25, 0.3) is 0 Å². The van der Waals surface area contributed by atoms with Gasteiger partial charge in [0.2, 0.25) is 0 Å². The van der Waals surface area contributed by atoms with E-state index in [1.165, 1.54) is 11.8 Å². The van der Waals surface area contributed by atoms with Crippen LogP contribution in [0.2, 0.25) is 0 Å². The molecule has 0 bridgehead atoms. The number of hydrogen-bond acceptors (Lipinski definition) is 4. The van der Waals surface area contributed by atoms with Crippen molar-refractivity contribution < 1.29 is 9.90 Å². The second-order valence-electron chi connectivity index (χ2n) is 5.72. The van der Waals surface area contributed by atoms with Gasteiger partial charge in [0.1, 0.15) is 5.82 Å². The molecule has 0 aliphatic heterocycles. The minimum atomic E-state index is -0.836. The van der Waals surface area contributed by atoms with Gasteiger partial charge in [-0.3, -0.25) is 4.79 Å². The van der Waals surface area contributed by atoms with Crippen LogP contribution < -0.4 is 0 Å². The maximum atomic E-state index is 10.7. The minimum absolute atomic E-state index is 0.0103. The monoisotopic (exact) mass is 285 g/mol. The van der Waals surface area contributed by atoms with Crippen molar-refractivity contribution in [2.75, 3.05) is 5.75 Å². The van der Waals surface area contributed by atoms with E-state index in [1.54, 1.807) is 0 Å². The first-order chi connectivity index (χ1) is 8.77. The molecule has 0 saturated heterocycles. The summed E-state index contributed by atoms with van der Waals surface area (Å²) >= 11 is 1.23. The van der Waals surface area contributed by atoms with E-state index in [0.29, 0.717) is 11.1 Å². The Morgan fingerprint density at radius 3 is 2.53 bits per heavy atom. The number of nitrogens with zero attached hydrogens (tertiary/aromatic N) is 3. The summed E-state index contributed by atoms with van der Waals surface area (Å²) in [6.07, 6.45) is 2.15. The zero-order valence-electron chi connectivity index (χ0n) is 12.3. The van der Waals surface area contributed by atoms with Gasteiger partial charge in [0, 0.05) is 11.5 Å². The molecule has 108 valence electrons. The molecule has 1 rings (SSSR count). The van der Waals surface area contributed by atoms with Gasteiger partial charge in [0.25, 0.3) is 0 Å². The molecule has 0 aliphatic carbocycles. The Balaban J connectivity index is 3.09. The summed E-state index contributed by atoms with van der Waals surface area (Å²) < 4.78 is 2.07. The predicted molar refractivity (Wildman–Crippen MR) is 76.7 cm³/mol. The van der Waals surface area contributed by atoms with Crippen LogP contribution in [-0.2, 0) is 10.3 Å². The molecule has 19 heavy (non-hydrogen) atoms. The SMILES string of the molecule is CCCC(C)c1nnc(SCC(=O)O)n1C(C)(C)C. The molecule has 6 heteroatoms. The second kappa shape index (κ2) is 6.41. The van der Waals surface area contributed by atoms with Gasteiger partial charge in [-0.25, -0.2) is 0 Å². The molecule has 0 radical (unpaired) electrons. The Labute approximate surface area is 118 Å². The van der Waals surface area contributed by atoms with Gasteiger partial charge in [-0.1, -0.05) is 32.0 Å². The van der Waals surface area contributed by atoms with Crippen molar-refractivity contribution in [1.82, 2.24) is 14.8 Å². The number of rotatable bonds is 6. The number of carboxylic acid groups (broad SMARTS) is 1. The van der Waals surface area contributed by atoms with Gasteiger partial charge in [-0.05, 0) is 27.2 Å². The highest BCUT2D eigenvalue weighted by atomic mass is 32.2. The molecular weight excluding hydrogens is 262 g/mol. The Morgan fingerprint density at radius 2 is 2.05 bits per heavy atom. The molecule has 0 saturated carbocycles. The zero-order chi connectivity index (χ0) is 14.6. The van der Waals surface area contributed by atoms with Gasteiger partial charge in [-0.15, -0.1) is 10.2 Å². The quantitative estimate of drug-likeness (QED) is 0.813. The van der Waals surface area contributed by atoms with Gasteiger partial charge >= 0.3 is 5.97 Å². The highest BCUT2D eigenvalue weighted by Gasteiger charge is 2.26. The topological polar surface area (TPSA) is 68.0 Å². The Bertz CT molecular complexity index is 438. The molecule has 1 N–H and O–H groups in total. The minimum Gasteiger partial charge on any atom is -0.481 e. The van der Waals surface area contributed by atoms with Crippen LogP contribution in [0.3, 0.4) is 0 Å². The normalized spacial score (nSPS) is 13.5. The fourth-order valence-electron chi connectivity index (χ4n) is 2.01. The van der Waals surface area contributed by atoms with E-state index in [-0.39, 0.29) is 11.3 Å². The number of aliphatic carboxylic acids is 1. The summed E-state index contributed by atoms with van der Waals surface area (Å²) in [6.45, 7) is 10.5. The second-order valence-corrected chi connectivity index (χ2v) is 6.66. The van der Waals surface area contributed by atoms with Crippen LogP contribution >= 0.6 is 11.8 Å². The molecule has 0 fully saturated rings. The zero-order valence-corrected chi connectivity index (χ0v) is 13.1. The van der Waals surface area contributed by atoms with Crippen molar-refractivity contribution in [1.29, 1.82) is 0 Å². The van der Waals surface area contributed by atoms with Crippen LogP contribution in [-0.4, -0.2) is 31.6 Å². The van der Waals surface area contributed by atoms with E-state index in [1.807, 2.05) is 0 Å². The third kappa shape index (κ3) is 4.23. The average Bonchev–Trinajstić information content (AvgIpc) is 2.70.